The minimum Gasteiger partial charge on any atom is -0.461 e. The molecule has 0 heterocycles. The van der Waals surface area contributed by atoms with Crippen LogP contribution in [0, 0.1) is 13.8 Å². The summed E-state index contributed by atoms with van der Waals surface area (Å²) in [7, 11) is 0. The van der Waals surface area contributed by atoms with Gasteiger partial charge in [-0.1, -0.05) is 18.2 Å². The lowest BCUT2D eigenvalue weighted by molar-refractivity contribution is -0.147. The van der Waals surface area contributed by atoms with Gasteiger partial charge in [0.1, 0.15) is 6.04 Å². The van der Waals surface area contributed by atoms with Crippen LogP contribution in [0.3, 0.4) is 0 Å². The second-order valence-electron chi connectivity index (χ2n) is 4.62. The van der Waals surface area contributed by atoms with Gasteiger partial charge in [0.15, 0.2) is 0 Å². The molecule has 1 aromatic rings. The van der Waals surface area contributed by atoms with Crippen LogP contribution in [-0.4, -0.2) is 18.1 Å². The Kier molecular flexibility index (Phi) is 4.55. The zero-order valence-electron chi connectivity index (χ0n) is 11.2. The van der Waals surface area contributed by atoms with Crippen LogP contribution in [0.4, 0.5) is 5.69 Å². The van der Waals surface area contributed by atoms with Gasteiger partial charge in [-0.3, -0.25) is 0 Å². The van der Waals surface area contributed by atoms with Crippen LogP contribution in [-0.2, 0) is 9.53 Å². The number of anilines is 1. The third-order valence-corrected chi connectivity index (χ3v) is 2.55. The molecule has 0 saturated heterocycles. The second-order valence-corrected chi connectivity index (χ2v) is 4.62. The summed E-state index contributed by atoms with van der Waals surface area (Å²) in [5, 5.41) is 3.21. The summed E-state index contributed by atoms with van der Waals surface area (Å²) in [5.41, 5.74) is 3.28. The maximum absolute atomic E-state index is 11.7. The number of para-hydroxylation sites is 1. The summed E-state index contributed by atoms with van der Waals surface area (Å²) in [6.45, 7) is 9.57. The molecule has 0 aliphatic heterocycles. The SMILES string of the molecule is Cc1cccc(C)c1N[C@@H](C)C(=O)OC(C)C. The molecule has 0 amide bonds. The van der Waals surface area contributed by atoms with Crippen molar-refractivity contribution >= 4 is 11.7 Å². The summed E-state index contributed by atoms with van der Waals surface area (Å²) in [6.07, 6.45) is -0.0790. The van der Waals surface area contributed by atoms with Gasteiger partial charge in [0.05, 0.1) is 6.10 Å². The molecule has 0 aliphatic rings. The highest BCUT2D eigenvalue weighted by atomic mass is 16.5. The van der Waals surface area contributed by atoms with E-state index in [2.05, 4.69) is 5.32 Å². The molecule has 1 aromatic carbocycles. The fraction of sp³-hybridized carbons (Fsp3) is 0.500. The Labute approximate surface area is 103 Å². The van der Waals surface area contributed by atoms with Crippen molar-refractivity contribution in [2.24, 2.45) is 0 Å². The fourth-order valence-corrected chi connectivity index (χ4v) is 1.65. The van der Waals surface area contributed by atoms with Crippen molar-refractivity contribution in [1.29, 1.82) is 0 Å². The predicted molar refractivity (Wildman–Crippen MR) is 70.2 cm³/mol. The molecule has 0 unspecified atom stereocenters. The Bertz CT molecular complexity index is 379. The van der Waals surface area contributed by atoms with Gasteiger partial charge in [0.25, 0.3) is 0 Å². The summed E-state index contributed by atoms with van der Waals surface area (Å²) in [5.74, 6) is -0.220. The minimum absolute atomic E-state index is 0.0790. The average molecular weight is 235 g/mol. The van der Waals surface area contributed by atoms with Crippen molar-refractivity contribution < 1.29 is 9.53 Å². The number of benzene rings is 1. The van der Waals surface area contributed by atoms with E-state index in [1.807, 2.05) is 52.8 Å². The number of aryl methyl sites for hydroxylation is 2. The van der Waals surface area contributed by atoms with Crippen LogP contribution in [0.15, 0.2) is 18.2 Å². The van der Waals surface area contributed by atoms with Crippen molar-refractivity contribution in [3.05, 3.63) is 29.3 Å². The van der Waals surface area contributed by atoms with Gasteiger partial charge in [-0.15, -0.1) is 0 Å². The van der Waals surface area contributed by atoms with E-state index in [-0.39, 0.29) is 18.1 Å². The first kappa shape index (κ1) is 13.6. The number of ether oxygens (including phenoxy) is 1. The van der Waals surface area contributed by atoms with Crippen molar-refractivity contribution in [2.75, 3.05) is 5.32 Å². The molecule has 0 spiro atoms. The third-order valence-electron chi connectivity index (χ3n) is 2.55. The van der Waals surface area contributed by atoms with Crippen LogP contribution >= 0.6 is 0 Å². The highest BCUT2D eigenvalue weighted by Crippen LogP contribution is 2.20. The van der Waals surface area contributed by atoms with E-state index in [1.54, 1.807) is 0 Å². The van der Waals surface area contributed by atoms with Crippen molar-refractivity contribution in [3.8, 4) is 0 Å². The smallest absolute Gasteiger partial charge is 0.328 e. The third kappa shape index (κ3) is 3.77. The number of hydrogen-bond acceptors (Lipinski definition) is 3. The minimum atomic E-state index is -0.336. The standard InChI is InChI=1S/C14H21NO2/c1-9(2)17-14(16)12(5)15-13-10(3)7-6-8-11(13)4/h6-9,12,15H,1-5H3/t12-/m0/s1. The molecule has 3 heteroatoms. The molecule has 94 valence electrons. The lowest BCUT2D eigenvalue weighted by Crippen LogP contribution is -2.30. The first-order chi connectivity index (χ1) is 7.91. The highest BCUT2D eigenvalue weighted by Gasteiger charge is 2.16. The van der Waals surface area contributed by atoms with Gasteiger partial charge in [-0.05, 0) is 45.7 Å². The normalized spacial score (nSPS) is 12.4. The van der Waals surface area contributed by atoms with Crippen LogP contribution in [0.25, 0.3) is 0 Å². The van der Waals surface area contributed by atoms with E-state index in [9.17, 15) is 4.79 Å². The fourth-order valence-electron chi connectivity index (χ4n) is 1.65. The molecular formula is C14H21NO2. The van der Waals surface area contributed by atoms with Gasteiger partial charge in [-0.2, -0.15) is 0 Å². The average Bonchev–Trinajstić information content (AvgIpc) is 2.22. The molecule has 3 nitrogen and oxygen atoms in total. The van der Waals surface area contributed by atoms with Gasteiger partial charge in [0.2, 0.25) is 0 Å². The highest BCUT2D eigenvalue weighted by molar-refractivity contribution is 5.79. The van der Waals surface area contributed by atoms with E-state index in [1.165, 1.54) is 0 Å². The molecule has 0 bridgehead atoms. The summed E-state index contributed by atoms with van der Waals surface area (Å²) in [6, 6.07) is 5.72. The van der Waals surface area contributed by atoms with Crippen molar-refractivity contribution in [3.63, 3.8) is 0 Å². The topological polar surface area (TPSA) is 38.3 Å². The number of rotatable bonds is 4. The van der Waals surface area contributed by atoms with Crippen LogP contribution in [0.2, 0.25) is 0 Å². The van der Waals surface area contributed by atoms with E-state index in [0.717, 1.165) is 16.8 Å². The second kappa shape index (κ2) is 5.71. The quantitative estimate of drug-likeness (QED) is 0.815. The zero-order valence-corrected chi connectivity index (χ0v) is 11.2. The Balaban J connectivity index is 2.74. The zero-order chi connectivity index (χ0) is 13.0. The first-order valence-electron chi connectivity index (χ1n) is 5.95. The summed E-state index contributed by atoms with van der Waals surface area (Å²) >= 11 is 0. The van der Waals surface area contributed by atoms with E-state index >= 15 is 0 Å². The molecule has 1 N–H and O–H groups in total. The van der Waals surface area contributed by atoms with Crippen molar-refractivity contribution in [1.82, 2.24) is 0 Å². The van der Waals surface area contributed by atoms with Crippen LogP contribution < -0.4 is 5.32 Å². The van der Waals surface area contributed by atoms with Gasteiger partial charge < -0.3 is 10.1 Å². The Morgan fingerprint density at radius 2 is 1.71 bits per heavy atom. The maximum atomic E-state index is 11.7. The Hall–Kier alpha value is -1.51. The van der Waals surface area contributed by atoms with E-state index < -0.39 is 0 Å². The lowest BCUT2D eigenvalue weighted by Gasteiger charge is -2.19. The molecule has 0 fully saturated rings. The molecular weight excluding hydrogens is 214 g/mol. The number of carbonyl (C=O) groups is 1. The molecule has 17 heavy (non-hydrogen) atoms. The number of nitrogens with one attached hydrogen (secondary N) is 1. The van der Waals surface area contributed by atoms with E-state index in [0.29, 0.717) is 0 Å². The Morgan fingerprint density at radius 3 is 2.18 bits per heavy atom. The van der Waals surface area contributed by atoms with Crippen molar-refractivity contribution in [2.45, 2.75) is 46.8 Å². The summed E-state index contributed by atoms with van der Waals surface area (Å²) in [4.78, 5) is 11.7. The molecule has 0 saturated carbocycles. The molecule has 1 atom stereocenters. The van der Waals surface area contributed by atoms with Crippen LogP contribution in [0.1, 0.15) is 31.9 Å². The van der Waals surface area contributed by atoms with Gasteiger partial charge in [0, 0.05) is 5.69 Å². The largest absolute Gasteiger partial charge is 0.461 e. The van der Waals surface area contributed by atoms with Crippen LogP contribution in [0.5, 0.6) is 0 Å². The number of carbonyl (C=O) groups excluding carboxylic acids is 1. The first-order valence-corrected chi connectivity index (χ1v) is 5.95. The lowest BCUT2D eigenvalue weighted by atomic mass is 10.1. The van der Waals surface area contributed by atoms with Gasteiger partial charge in [-0.25, -0.2) is 4.79 Å². The monoisotopic (exact) mass is 235 g/mol. The number of esters is 1. The predicted octanol–water partition coefficient (Wildman–Crippen LogP) is 3.06. The molecule has 0 aliphatic carbocycles. The molecule has 0 radical (unpaired) electrons. The molecule has 0 aromatic heterocycles. The summed E-state index contributed by atoms with van der Waals surface area (Å²) < 4.78 is 5.16. The number of hydrogen-bond donors (Lipinski definition) is 1. The van der Waals surface area contributed by atoms with Gasteiger partial charge >= 0.3 is 5.97 Å². The van der Waals surface area contributed by atoms with E-state index in [4.69, 9.17) is 4.74 Å². The maximum Gasteiger partial charge on any atom is 0.328 e. The molecule has 1 rings (SSSR count). The Morgan fingerprint density at radius 1 is 1.18 bits per heavy atom.